The number of nitrogens with one attached hydrogen (secondary N) is 1. The SMILES string of the molecule is CCNC(c1ccc(C)o1)C1CCc2cccnc21. The number of likely N-dealkylation sites (N-methyl/N-ethyl adjacent to an activating group) is 1. The van der Waals surface area contributed by atoms with Gasteiger partial charge in [0.25, 0.3) is 0 Å². The zero-order valence-electron chi connectivity index (χ0n) is 11.5. The lowest BCUT2D eigenvalue weighted by Crippen LogP contribution is -2.26. The molecule has 3 rings (SSSR count). The lowest BCUT2D eigenvalue weighted by atomic mass is 9.95. The van der Waals surface area contributed by atoms with Crippen molar-refractivity contribution in [2.24, 2.45) is 0 Å². The molecule has 0 amide bonds. The minimum atomic E-state index is 0.231. The van der Waals surface area contributed by atoms with Gasteiger partial charge in [-0.3, -0.25) is 4.98 Å². The highest BCUT2D eigenvalue weighted by molar-refractivity contribution is 5.31. The Morgan fingerprint density at radius 1 is 1.42 bits per heavy atom. The first-order valence-electron chi connectivity index (χ1n) is 7.03. The quantitative estimate of drug-likeness (QED) is 0.911. The lowest BCUT2D eigenvalue weighted by Gasteiger charge is -2.22. The number of fused-ring (bicyclic) bond motifs is 1. The van der Waals surface area contributed by atoms with Gasteiger partial charge in [0.2, 0.25) is 0 Å². The number of hydrogen-bond donors (Lipinski definition) is 1. The van der Waals surface area contributed by atoms with Gasteiger partial charge >= 0.3 is 0 Å². The molecule has 2 atom stereocenters. The van der Waals surface area contributed by atoms with Crippen molar-refractivity contribution in [3.8, 4) is 0 Å². The van der Waals surface area contributed by atoms with E-state index in [2.05, 4.69) is 29.4 Å². The normalized spacial score (nSPS) is 19.4. The third-order valence-corrected chi connectivity index (χ3v) is 3.90. The van der Waals surface area contributed by atoms with Crippen LogP contribution in [0.15, 0.2) is 34.9 Å². The van der Waals surface area contributed by atoms with E-state index in [1.807, 2.05) is 25.3 Å². The fourth-order valence-corrected chi connectivity index (χ4v) is 3.05. The van der Waals surface area contributed by atoms with Gasteiger partial charge in [-0.1, -0.05) is 13.0 Å². The summed E-state index contributed by atoms with van der Waals surface area (Å²) < 4.78 is 5.84. The summed E-state index contributed by atoms with van der Waals surface area (Å²) in [5, 5.41) is 3.56. The Morgan fingerprint density at radius 3 is 3.05 bits per heavy atom. The first-order valence-corrected chi connectivity index (χ1v) is 7.03. The topological polar surface area (TPSA) is 38.1 Å². The number of furan rings is 1. The largest absolute Gasteiger partial charge is 0.465 e. The molecule has 2 aromatic heterocycles. The van der Waals surface area contributed by atoms with Gasteiger partial charge in [0, 0.05) is 17.8 Å². The molecule has 0 aromatic carbocycles. The zero-order valence-corrected chi connectivity index (χ0v) is 11.5. The summed E-state index contributed by atoms with van der Waals surface area (Å²) in [6, 6.07) is 8.58. The Kier molecular flexibility index (Phi) is 3.38. The van der Waals surface area contributed by atoms with Crippen LogP contribution in [-0.4, -0.2) is 11.5 Å². The number of nitrogens with zero attached hydrogens (tertiary/aromatic N) is 1. The van der Waals surface area contributed by atoms with Gasteiger partial charge in [-0.2, -0.15) is 0 Å². The van der Waals surface area contributed by atoms with Crippen molar-refractivity contribution in [2.45, 2.75) is 38.6 Å². The molecule has 0 bridgehead atoms. The highest BCUT2D eigenvalue weighted by Crippen LogP contribution is 2.40. The number of hydrogen-bond acceptors (Lipinski definition) is 3. The Hall–Kier alpha value is -1.61. The molecule has 0 fully saturated rings. The van der Waals surface area contributed by atoms with Crippen molar-refractivity contribution in [3.63, 3.8) is 0 Å². The molecule has 1 aliphatic rings. The molecule has 3 nitrogen and oxygen atoms in total. The molecular weight excluding hydrogens is 236 g/mol. The van der Waals surface area contributed by atoms with E-state index in [9.17, 15) is 0 Å². The van der Waals surface area contributed by atoms with Crippen LogP contribution in [-0.2, 0) is 6.42 Å². The van der Waals surface area contributed by atoms with Crippen LogP contribution in [0.4, 0.5) is 0 Å². The van der Waals surface area contributed by atoms with Crippen molar-refractivity contribution in [3.05, 3.63) is 53.2 Å². The lowest BCUT2D eigenvalue weighted by molar-refractivity contribution is 0.358. The zero-order chi connectivity index (χ0) is 13.2. The van der Waals surface area contributed by atoms with Crippen LogP contribution in [0.3, 0.4) is 0 Å². The Bertz CT molecular complexity index is 561. The molecule has 2 unspecified atom stereocenters. The van der Waals surface area contributed by atoms with E-state index in [1.165, 1.54) is 11.3 Å². The molecule has 19 heavy (non-hydrogen) atoms. The third kappa shape index (κ3) is 2.30. The number of aryl methyl sites for hydroxylation is 2. The van der Waals surface area contributed by atoms with Crippen LogP contribution >= 0.6 is 0 Å². The van der Waals surface area contributed by atoms with E-state index in [0.717, 1.165) is 30.9 Å². The predicted octanol–water partition coefficient (Wildman–Crippen LogP) is 3.36. The van der Waals surface area contributed by atoms with Gasteiger partial charge in [-0.05, 0) is 50.1 Å². The van der Waals surface area contributed by atoms with Gasteiger partial charge in [0.1, 0.15) is 11.5 Å². The van der Waals surface area contributed by atoms with E-state index in [-0.39, 0.29) is 6.04 Å². The molecule has 1 N–H and O–H groups in total. The second-order valence-electron chi connectivity index (χ2n) is 5.18. The number of pyridine rings is 1. The van der Waals surface area contributed by atoms with E-state index in [0.29, 0.717) is 5.92 Å². The standard InChI is InChI=1S/C16H20N2O/c1-3-17-16(14-9-6-11(2)19-14)13-8-7-12-5-4-10-18-15(12)13/h4-6,9-10,13,16-17H,3,7-8H2,1-2H3. The molecule has 1 aliphatic carbocycles. The summed E-state index contributed by atoms with van der Waals surface area (Å²) >= 11 is 0. The summed E-state index contributed by atoms with van der Waals surface area (Å²) in [6.45, 7) is 5.06. The van der Waals surface area contributed by atoms with Gasteiger partial charge in [-0.25, -0.2) is 0 Å². The first-order chi connectivity index (χ1) is 9.29. The molecule has 3 heteroatoms. The molecule has 0 radical (unpaired) electrons. The Morgan fingerprint density at radius 2 is 2.32 bits per heavy atom. The highest BCUT2D eigenvalue weighted by atomic mass is 16.3. The molecule has 0 aliphatic heterocycles. The fourth-order valence-electron chi connectivity index (χ4n) is 3.05. The minimum absolute atomic E-state index is 0.231. The maximum atomic E-state index is 5.84. The maximum absolute atomic E-state index is 5.84. The molecular formula is C16H20N2O. The maximum Gasteiger partial charge on any atom is 0.121 e. The van der Waals surface area contributed by atoms with Gasteiger partial charge in [0.15, 0.2) is 0 Å². The van der Waals surface area contributed by atoms with Gasteiger partial charge in [0.05, 0.1) is 6.04 Å². The van der Waals surface area contributed by atoms with E-state index >= 15 is 0 Å². The fraction of sp³-hybridized carbons (Fsp3) is 0.438. The Labute approximate surface area is 114 Å². The predicted molar refractivity (Wildman–Crippen MR) is 75.2 cm³/mol. The van der Waals surface area contributed by atoms with Crippen LogP contribution in [0, 0.1) is 6.92 Å². The molecule has 0 spiro atoms. The monoisotopic (exact) mass is 256 g/mol. The van der Waals surface area contributed by atoms with Crippen LogP contribution in [0.5, 0.6) is 0 Å². The van der Waals surface area contributed by atoms with Crippen LogP contribution in [0.25, 0.3) is 0 Å². The molecule has 0 saturated carbocycles. The molecule has 2 heterocycles. The second kappa shape index (κ2) is 5.17. The van der Waals surface area contributed by atoms with Gasteiger partial charge in [-0.15, -0.1) is 0 Å². The second-order valence-corrected chi connectivity index (χ2v) is 5.18. The van der Waals surface area contributed by atoms with Crippen molar-refractivity contribution in [2.75, 3.05) is 6.54 Å². The average Bonchev–Trinajstić information content (AvgIpc) is 3.03. The minimum Gasteiger partial charge on any atom is -0.465 e. The molecule has 100 valence electrons. The van der Waals surface area contributed by atoms with Crippen LogP contribution in [0.1, 0.15) is 48.1 Å². The van der Waals surface area contributed by atoms with Crippen molar-refractivity contribution in [1.29, 1.82) is 0 Å². The van der Waals surface area contributed by atoms with Crippen molar-refractivity contribution in [1.82, 2.24) is 10.3 Å². The number of aromatic nitrogens is 1. The van der Waals surface area contributed by atoms with Crippen molar-refractivity contribution < 1.29 is 4.42 Å². The van der Waals surface area contributed by atoms with Crippen molar-refractivity contribution >= 4 is 0 Å². The van der Waals surface area contributed by atoms with E-state index in [1.54, 1.807) is 0 Å². The number of rotatable bonds is 4. The summed E-state index contributed by atoms with van der Waals surface area (Å²) in [4.78, 5) is 4.59. The third-order valence-electron chi connectivity index (χ3n) is 3.90. The summed E-state index contributed by atoms with van der Waals surface area (Å²) in [5.74, 6) is 2.42. The summed E-state index contributed by atoms with van der Waals surface area (Å²) in [6.07, 6.45) is 4.16. The summed E-state index contributed by atoms with van der Waals surface area (Å²) in [7, 11) is 0. The highest BCUT2D eigenvalue weighted by Gasteiger charge is 2.33. The molecule has 2 aromatic rings. The first kappa shape index (κ1) is 12.4. The Balaban J connectivity index is 1.94. The van der Waals surface area contributed by atoms with E-state index in [4.69, 9.17) is 4.42 Å². The van der Waals surface area contributed by atoms with Crippen LogP contribution in [0.2, 0.25) is 0 Å². The average molecular weight is 256 g/mol. The molecule has 0 saturated heterocycles. The van der Waals surface area contributed by atoms with E-state index < -0.39 is 0 Å². The summed E-state index contributed by atoms with van der Waals surface area (Å²) in [5.41, 5.74) is 2.63. The van der Waals surface area contributed by atoms with Gasteiger partial charge < -0.3 is 9.73 Å². The van der Waals surface area contributed by atoms with Crippen LogP contribution < -0.4 is 5.32 Å². The smallest absolute Gasteiger partial charge is 0.121 e.